The zero-order chi connectivity index (χ0) is 22.4. The molecule has 2 fully saturated rings. The summed E-state index contributed by atoms with van der Waals surface area (Å²) in [5.74, 6) is -0.618. The molecule has 0 aromatic rings. The second-order valence-electron chi connectivity index (χ2n) is 8.73. The molecule has 3 atom stereocenters. The quantitative estimate of drug-likeness (QED) is 0.345. The van der Waals surface area contributed by atoms with E-state index < -0.39 is 11.9 Å². The van der Waals surface area contributed by atoms with Crippen LogP contribution in [0.5, 0.6) is 0 Å². The molecule has 2 aliphatic carbocycles. The van der Waals surface area contributed by atoms with Crippen LogP contribution in [0.1, 0.15) is 65.7 Å². The number of carbonyl (C=O) groups is 3. The standard InChI is InChI=1S/C24H34O6/c1-14(2)22(25)28-18-9-7-17(8-10-18)20-12-11-19(29-23(26)15(3)4)13-21(20)30-24(27)16(5)6/h17-21H,1,3,5,7-13H2,2,4,6H3/t17?,18?,19-,20?,21?/m1/s1. The van der Waals surface area contributed by atoms with Crippen molar-refractivity contribution in [1.82, 2.24) is 0 Å². The highest BCUT2D eigenvalue weighted by Gasteiger charge is 2.40. The minimum atomic E-state index is -0.416. The molecule has 30 heavy (non-hydrogen) atoms. The summed E-state index contributed by atoms with van der Waals surface area (Å²) in [6.45, 7) is 15.8. The third-order valence-corrected chi connectivity index (χ3v) is 5.97. The fourth-order valence-electron chi connectivity index (χ4n) is 4.27. The van der Waals surface area contributed by atoms with Gasteiger partial charge < -0.3 is 14.2 Å². The van der Waals surface area contributed by atoms with Crippen molar-refractivity contribution in [2.24, 2.45) is 11.8 Å². The smallest absolute Gasteiger partial charge is 0.333 e. The topological polar surface area (TPSA) is 78.9 Å². The van der Waals surface area contributed by atoms with Crippen LogP contribution in [0.25, 0.3) is 0 Å². The zero-order valence-corrected chi connectivity index (χ0v) is 18.4. The van der Waals surface area contributed by atoms with E-state index in [9.17, 15) is 14.4 Å². The average molecular weight is 419 g/mol. The van der Waals surface area contributed by atoms with Gasteiger partial charge in [-0.25, -0.2) is 14.4 Å². The fourth-order valence-corrected chi connectivity index (χ4v) is 4.27. The summed E-state index contributed by atoms with van der Waals surface area (Å²) in [6, 6.07) is 0. The Morgan fingerprint density at radius 1 is 0.633 bits per heavy atom. The Balaban J connectivity index is 2.00. The molecule has 166 valence electrons. The van der Waals surface area contributed by atoms with Crippen LogP contribution in [0, 0.1) is 11.8 Å². The van der Waals surface area contributed by atoms with E-state index in [1.165, 1.54) is 0 Å². The molecule has 0 aliphatic heterocycles. The molecule has 0 saturated heterocycles. The Bertz CT molecular complexity index is 713. The van der Waals surface area contributed by atoms with E-state index in [-0.39, 0.29) is 30.2 Å². The molecule has 0 radical (unpaired) electrons. The van der Waals surface area contributed by atoms with Crippen molar-refractivity contribution in [3.8, 4) is 0 Å². The summed E-state index contributed by atoms with van der Waals surface area (Å²) in [6.07, 6.45) is 4.68. The highest BCUT2D eigenvalue weighted by atomic mass is 16.6. The maximum atomic E-state index is 12.2. The number of rotatable bonds is 7. The minimum Gasteiger partial charge on any atom is -0.459 e. The lowest BCUT2D eigenvalue weighted by Crippen LogP contribution is -2.42. The van der Waals surface area contributed by atoms with E-state index in [0.717, 1.165) is 38.5 Å². The molecule has 2 unspecified atom stereocenters. The first kappa shape index (κ1) is 23.9. The third-order valence-electron chi connectivity index (χ3n) is 5.97. The number of ether oxygens (including phenoxy) is 3. The Morgan fingerprint density at radius 3 is 1.57 bits per heavy atom. The lowest BCUT2D eigenvalue weighted by Gasteiger charge is -2.41. The van der Waals surface area contributed by atoms with Gasteiger partial charge in [-0.1, -0.05) is 19.7 Å². The molecule has 6 heteroatoms. The summed E-state index contributed by atoms with van der Waals surface area (Å²) >= 11 is 0. The van der Waals surface area contributed by atoms with Crippen LogP contribution in [0.4, 0.5) is 0 Å². The molecule has 2 aliphatic rings. The molecule has 6 nitrogen and oxygen atoms in total. The normalized spacial score (nSPS) is 28.7. The average Bonchev–Trinajstić information content (AvgIpc) is 2.68. The first-order valence-electron chi connectivity index (χ1n) is 10.7. The Kier molecular flexibility index (Phi) is 8.44. The Morgan fingerprint density at radius 2 is 1.07 bits per heavy atom. The largest absolute Gasteiger partial charge is 0.459 e. The van der Waals surface area contributed by atoms with Crippen molar-refractivity contribution in [2.45, 2.75) is 84.0 Å². The predicted molar refractivity (Wildman–Crippen MR) is 113 cm³/mol. The van der Waals surface area contributed by atoms with Crippen molar-refractivity contribution >= 4 is 17.9 Å². The highest BCUT2D eigenvalue weighted by Crippen LogP contribution is 2.41. The SMILES string of the molecule is C=C(C)C(=O)OC1CCC(C2CC[C@@H](OC(=O)C(=C)C)CC2OC(=O)C(=C)C)CC1. The van der Waals surface area contributed by atoms with E-state index in [0.29, 0.717) is 29.1 Å². The van der Waals surface area contributed by atoms with Gasteiger partial charge in [0.15, 0.2) is 0 Å². The van der Waals surface area contributed by atoms with Crippen LogP contribution in [0.15, 0.2) is 36.5 Å². The summed E-state index contributed by atoms with van der Waals surface area (Å²) < 4.78 is 16.8. The molecular formula is C24H34O6. The first-order valence-corrected chi connectivity index (χ1v) is 10.7. The molecule has 2 rings (SSSR count). The second kappa shape index (κ2) is 10.6. The first-order chi connectivity index (χ1) is 14.1. The van der Waals surface area contributed by atoms with E-state index in [1.54, 1.807) is 20.8 Å². The zero-order valence-electron chi connectivity index (χ0n) is 18.4. The monoisotopic (exact) mass is 418 g/mol. The minimum absolute atomic E-state index is 0.0882. The second-order valence-corrected chi connectivity index (χ2v) is 8.73. The van der Waals surface area contributed by atoms with Crippen LogP contribution < -0.4 is 0 Å². The van der Waals surface area contributed by atoms with Crippen molar-refractivity contribution in [3.63, 3.8) is 0 Å². The van der Waals surface area contributed by atoms with Crippen molar-refractivity contribution in [2.75, 3.05) is 0 Å². The molecule has 0 bridgehead atoms. The molecule has 2 saturated carbocycles. The van der Waals surface area contributed by atoms with Gasteiger partial charge in [0.1, 0.15) is 18.3 Å². The highest BCUT2D eigenvalue weighted by molar-refractivity contribution is 5.88. The van der Waals surface area contributed by atoms with Gasteiger partial charge in [0, 0.05) is 23.1 Å². The fraction of sp³-hybridized carbons (Fsp3) is 0.625. The van der Waals surface area contributed by atoms with Gasteiger partial charge in [-0.2, -0.15) is 0 Å². The van der Waals surface area contributed by atoms with E-state index in [4.69, 9.17) is 14.2 Å². The number of esters is 3. The van der Waals surface area contributed by atoms with Crippen LogP contribution in [-0.4, -0.2) is 36.2 Å². The van der Waals surface area contributed by atoms with Gasteiger partial charge in [-0.05, 0) is 71.1 Å². The molecule has 0 aromatic carbocycles. The van der Waals surface area contributed by atoms with Gasteiger partial charge in [0.25, 0.3) is 0 Å². The van der Waals surface area contributed by atoms with Gasteiger partial charge in [-0.15, -0.1) is 0 Å². The summed E-state index contributed by atoms with van der Waals surface area (Å²) in [7, 11) is 0. The van der Waals surface area contributed by atoms with E-state index in [2.05, 4.69) is 19.7 Å². The van der Waals surface area contributed by atoms with Crippen LogP contribution in [0.2, 0.25) is 0 Å². The summed E-state index contributed by atoms with van der Waals surface area (Å²) in [5, 5.41) is 0. The maximum absolute atomic E-state index is 12.2. The number of hydrogen-bond acceptors (Lipinski definition) is 6. The van der Waals surface area contributed by atoms with E-state index >= 15 is 0 Å². The summed E-state index contributed by atoms with van der Waals surface area (Å²) in [5.41, 5.74) is 1.12. The van der Waals surface area contributed by atoms with Gasteiger partial charge in [0.2, 0.25) is 0 Å². The van der Waals surface area contributed by atoms with Crippen LogP contribution >= 0.6 is 0 Å². The lowest BCUT2D eigenvalue weighted by molar-refractivity contribution is -0.161. The number of hydrogen-bond donors (Lipinski definition) is 0. The van der Waals surface area contributed by atoms with E-state index in [1.807, 2.05) is 0 Å². The van der Waals surface area contributed by atoms with Crippen LogP contribution in [-0.2, 0) is 28.6 Å². The molecule has 0 aromatic heterocycles. The molecule has 0 amide bonds. The number of carbonyl (C=O) groups excluding carboxylic acids is 3. The Hall–Kier alpha value is -2.37. The molecule has 0 spiro atoms. The van der Waals surface area contributed by atoms with Crippen molar-refractivity contribution in [1.29, 1.82) is 0 Å². The van der Waals surface area contributed by atoms with Crippen molar-refractivity contribution < 1.29 is 28.6 Å². The molecular weight excluding hydrogens is 384 g/mol. The van der Waals surface area contributed by atoms with Gasteiger partial charge in [0.05, 0.1) is 0 Å². The van der Waals surface area contributed by atoms with Gasteiger partial charge in [-0.3, -0.25) is 0 Å². The Labute approximate surface area is 179 Å². The molecule has 0 heterocycles. The van der Waals surface area contributed by atoms with Crippen LogP contribution in [0.3, 0.4) is 0 Å². The van der Waals surface area contributed by atoms with Crippen molar-refractivity contribution in [3.05, 3.63) is 36.5 Å². The van der Waals surface area contributed by atoms with Gasteiger partial charge >= 0.3 is 17.9 Å². The molecule has 0 N–H and O–H groups in total. The summed E-state index contributed by atoms with van der Waals surface area (Å²) in [4.78, 5) is 35.9. The maximum Gasteiger partial charge on any atom is 0.333 e. The third kappa shape index (κ3) is 6.57. The lowest BCUT2D eigenvalue weighted by atomic mass is 9.70. The predicted octanol–water partition coefficient (Wildman–Crippen LogP) is 4.44.